The number of hydrogen-bond acceptors (Lipinski definition) is 3. The molecule has 1 atom stereocenters. The second kappa shape index (κ2) is 6.18. The minimum atomic E-state index is -4.25. The Bertz CT molecular complexity index is 710. The van der Waals surface area contributed by atoms with Crippen LogP contribution in [0.15, 0.2) is 35.2 Å². The van der Waals surface area contributed by atoms with Gasteiger partial charge in [-0.1, -0.05) is 11.6 Å². The molecule has 120 valence electrons. The second-order valence-corrected chi connectivity index (χ2v) is 7.32. The number of rotatable bonds is 7. The van der Waals surface area contributed by atoms with E-state index in [2.05, 4.69) is 6.58 Å². The van der Waals surface area contributed by atoms with E-state index in [0.717, 1.165) is 18.4 Å². The number of carboxylic acid groups (broad SMARTS) is 1. The molecular weight excluding hydrogens is 309 g/mol. The van der Waals surface area contributed by atoms with Crippen LogP contribution in [-0.4, -0.2) is 25.5 Å². The van der Waals surface area contributed by atoms with Crippen LogP contribution in [0.4, 0.5) is 4.39 Å². The van der Waals surface area contributed by atoms with Crippen LogP contribution < -0.4 is 4.72 Å². The van der Waals surface area contributed by atoms with Crippen molar-refractivity contribution in [2.75, 3.05) is 0 Å². The van der Waals surface area contributed by atoms with Gasteiger partial charge < -0.3 is 5.11 Å². The average molecular weight is 327 g/mol. The van der Waals surface area contributed by atoms with Crippen molar-refractivity contribution in [3.05, 3.63) is 41.7 Å². The van der Waals surface area contributed by atoms with Crippen LogP contribution in [0.5, 0.6) is 0 Å². The molecule has 0 bridgehead atoms. The maximum Gasteiger partial charge on any atom is 0.322 e. The third kappa shape index (κ3) is 3.92. The maximum atomic E-state index is 14.1. The quantitative estimate of drug-likeness (QED) is 0.753. The van der Waals surface area contributed by atoms with Crippen LogP contribution in [0.1, 0.15) is 37.7 Å². The minimum Gasteiger partial charge on any atom is -0.480 e. The normalized spacial score (nSPS) is 16.3. The number of aliphatic carboxylic acids is 1. The molecule has 0 aliphatic heterocycles. The summed E-state index contributed by atoms with van der Waals surface area (Å²) >= 11 is 0. The highest BCUT2D eigenvalue weighted by atomic mass is 32.2. The molecule has 2 N–H and O–H groups in total. The van der Waals surface area contributed by atoms with Crippen LogP contribution in [0.3, 0.4) is 0 Å². The summed E-state index contributed by atoms with van der Waals surface area (Å²) in [6.07, 6.45) is 1.89. The van der Waals surface area contributed by atoms with E-state index in [1.165, 1.54) is 12.1 Å². The molecule has 7 heteroatoms. The summed E-state index contributed by atoms with van der Waals surface area (Å²) < 4.78 is 40.5. The predicted molar refractivity (Wildman–Crippen MR) is 79.6 cm³/mol. The number of hydrogen-bond donors (Lipinski definition) is 2. The lowest BCUT2D eigenvalue weighted by molar-refractivity contribution is -0.138. The third-order valence-corrected chi connectivity index (χ3v) is 4.95. The molecule has 0 radical (unpaired) electrons. The topological polar surface area (TPSA) is 83.5 Å². The standard InChI is InChI=1S/C15H18FNO4S/c1-9(2)7-13(15(18)19)17-22(20,21)14-6-5-11(8-12(14)16)10-3-4-10/h5-6,8,10,13,17H,1,3-4,7H2,2H3,(H,18,19). The van der Waals surface area contributed by atoms with Crippen molar-refractivity contribution in [2.45, 2.75) is 43.0 Å². The molecule has 1 saturated carbocycles. The Morgan fingerprint density at radius 3 is 2.59 bits per heavy atom. The largest absolute Gasteiger partial charge is 0.480 e. The number of carboxylic acids is 1. The number of sulfonamides is 1. The molecular formula is C15H18FNO4S. The van der Waals surface area contributed by atoms with Crippen LogP contribution in [-0.2, 0) is 14.8 Å². The molecule has 1 unspecified atom stereocenters. The van der Waals surface area contributed by atoms with Crippen molar-refractivity contribution >= 4 is 16.0 Å². The van der Waals surface area contributed by atoms with Crippen LogP contribution >= 0.6 is 0 Å². The summed E-state index contributed by atoms with van der Waals surface area (Å²) in [6, 6.07) is 2.60. The summed E-state index contributed by atoms with van der Waals surface area (Å²) in [5, 5.41) is 9.07. The number of halogens is 1. The number of carbonyl (C=O) groups is 1. The zero-order valence-corrected chi connectivity index (χ0v) is 13.0. The Balaban J connectivity index is 2.25. The third-order valence-electron chi connectivity index (χ3n) is 3.44. The Morgan fingerprint density at radius 1 is 1.50 bits per heavy atom. The van der Waals surface area contributed by atoms with Crippen molar-refractivity contribution in [1.82, 2.24) is 4.72 Å². The van der Waals surface area contributed by atoms with Crippen molar-refractivity contribution < 1.29 is 22.7 Å². The van der Waals surface area contributed by atoms with Crippen LogP contribution in [0.2, 0.25) is 0 Å². The molecule has 0 amide bonds. The molecule has 1 aromatic rings. The van der Waals surface area contributed by atoms with E-state index in [-0.39, 0.29) is 6.42 Å². The summed E-state index contributed by atoms with van der Waals surface area (Å²) in [5.74, 6) is -1.90. The van der Waals surface area contributed by atoms with Gasteiger partial charge in [-0.25, -0.2) is 12.8 Å². The maximum absolute atomic E-state index is 14.1. The summed E-state index contributed by atoms with van der Waals surface area (Å²) in [5.41, 5.74) is 1.29. The number of benzene rings is 1. The van der Waals surface area contributed by atoms with Gasteiger partial charge in [0, 0.05) is 0 Å². The van der Waals surface area contributed by atoms with E-state index in [0.29, 0.717) is 11.5 Å². The molecule has 1 aliphatic carbocycles. The fourth-order valence-corrected chi connectivity index (χ4v) is 3.43. The number of nitrogens with one attached hydrogen (secondary N) is 1. The van der Waals surface area contributed by atoms with Gasteiger partial charge in [0.15, 0.2) is 0 Å². The summed E-state index contributed by atoms with van der Waals surface area (Å²) in [7, 11) is -4.25. The van der Waals surface area contributed by atoms with Gasteiger partial charge in [-0.15, -0.1) is 6.58 Å². The smallest absolute Gasteiger partial charge is 0.322 e. The Morgan fingerprint density at radius 2 is 2.14 bits per heavy atom. The highest BCUT2D eigenvalue weighted by molar-refractivity contribution is 7.89. The summed E-state index contributed by atoms with van der Waals surface area (Å²) in [6.45, 7) is 5.16. The fourth-order valence-electron chi connectivity index (χ4n) is 2.18. The average Bonchev–Trinajstić information content (AvgIpc) is 3.20. The first-order valence-electron chi connectivity index (χ1n) is 6.89. The van der Waals surface area contributed by atoms with Gasteiger partial charge in [0.05, 0.1) is 0 Å². The van der Waals surface area contributed by atoms with Gasteiger partial charge in [-0.2, -0.15) is 4.72 Å². The Kier molecular flexibility index (Phi) is 4.67. The Hall–Kier alpha value is -1.73. The van der Waals surface area contributed by atoms with Crippen molar-refractivity contribution in [2.24, 2.45) is 0 Å². The molecule has 0 spiro atoms. The van der Waals surface area contributed by atoms with Gasteiger partial charge in [-0.3, -0.25) is 4.79 Å². The molecule has 22 heavy (non-hydrogen) atoms. The van der Waals surface area contributed by atoms with E-state index >= 15 is 0 Å². The zero-order chi connectivity index (χ0) is 16.5. The first-order chi connectivity index (χ1) is 10.2. The molecule has 1 aromatic carbocycles. The van der Waals surface area contributed by atoms with Crippen molar-refractivity contribution in [3.8, 4) is 0 Å². The lowest BCUT2D eigenvalue weighted by atomic mass is 10.1. The molecule has 5 nitrogen and oxygen atoms in total. The van der Waals surface area contributed by atoms with Crippen LogP contribution in [0, 0.1) is 5.82 Å². The lowest BCUT2D eigenvalue weighted by Gasteiger charge is -2.15. The van der Waals surface area contributed by atoms with E-state index < -0.39 is 32.7 Å². The predicted octanol–water partition coefficient (Wildman–Crippen LogP) is 2.40. The van der Waals surface area contributed by atoms with E-state index in [9.17, 15) is 17.6 Å². The molecule has 0 saturated heterocycles. The Labute approximate surface area is 128 Å². The van der Waals surface area contributed by atoms with Crippen molar-refractivity contribution in [1.29, 1.82) is 0 Å². The molecule has 2 rings (SSSR count). The lowest BCUT2D eigenvalue weighted by Crippen LogP contribution is -2.41. The van der Waals surface area contributed by atoms with Gasteiger partial charge in [0.25, 0.3) is 0 Å². The molecule has 1 fully saturated rings. The van der Waals surface area contributed by atoms with Gasteiger partial charge in [-0.05, 0) is 49.8 Å². The van der Waals surface area contributed by atoms with Gasteiger partial charge in [0.2, 0.25) is 10.0 Å². The molecule has 0 heterocycles. The second-order valence-electron chi connectivity index (χ2n) is 5.64. The first-order valence-corrected chi connectivity index (χ1v) is 8.38. The van der Waals surface area contributed by atoms with Crippen molar-refractivity contribution in [3.63, 3.8) is 0 Å². The van der Waals surface area contributed by atoms with E-state index in [1.807, 2.05) is 4.72 Å². The van der Waals surface area contributed by atoms with Gasteiger partial charge >= 0.3 is 5.97 Å². The monoisotopic (exact) mass is 327 g/mol. The van der Waals surface area contributed by atoms with E-state index in [1.54, 1.807) is 13.0 Å². The first kappa shape index (κ1) is 16.6. The van der Waals surface area contributed by atoms with E-state index in [4.69, 9.17) is 5.11 Å². The summed E-state index contributed by atoms with van der Waals surface area (Å²) in [4.78, 5) is 10.6. The highest BCUT2D eigenvalue weighted by Gasteiger charge is 2.29. The zero-order valence-electron chi connectivity index (χ0n) is 12.2. The molecule has 1 aliphatic rings. The van der Waals surface area contributed by atoms with Crippen LogP contribution in [0.25, 0.3) is 0 Å². The highest BCUT2D eigenvalue weighted by Crippen LogP contribution is 2.40. The fraction of sp³-hybridized carbons (Fsp3) is 0.400. The SMILES string of the molecule is C=C(C)CC(NS(=O)(=O)c1ccc(C2CC2)cc1F)C(=O)O. The van der Waals surface area contributed by atoms with Gasteiger partial charge in [0.1, 0.15) is 16.8 Å². The minimum absolute atomic E-state index is 0.0592. The molecule has 0 aromatic heterocycles.